The highest BCUT2D eigenvalue weighted by Gasteiger charge is 2.24. The monoisotopic (exact) mass is 291 g/mol. The standard InChI is InChI=1S/C17H25NO3/c1-14(12-19)11-15-7-9-18(10-8-15)17(20)21-13-16-5-3-2-4-6-16/h2-6,14-15,19H,7-13H2,1H3. The quantitative estimate of drug-likeness (QED) is 0.907. The normalized spacial score (nSPS) is 17.5. The number of nitrogens with zero attached hydrogens (tertiary/aromatic N) is 1. The van der Waals surface area contributed by atoms with Crippen LogP contribution in [-0.4, -0.2) is 35.8 Å². The van der Waals surface area contributed by atoms with Crippen LogP contribution in [0.15, 0.2) is 30.3 Å². The van der Waals surface area contributed by atoms with Gasteiger partial charge >= 0.3 is 6.09 Å². The van der Waals surface area contributed by atoms with Crippen LogP contribution in [0.1, 0.15) is 31.7 Å². The van der Waals surface area contributed by atoms with Crippen LogP contribution >= 0.6 is 0 Å². The number of piperidine rings is 1. The molecule has 1 unspecified atom stereocenters. The predicted octanol–water partition coefficient (Wildman–Crippen LogP) is 3.05. The van der Waals surface area contributed by atoms with Crippen molar-refractivity contribution in [2.45, 2.75) is 32.8 Å². The Morgan fingerprint density at radius 1 is 1.33 bits per heavy atom. The molecule has 1 aromatic rings. The Bertz CT molecular complexity index is 427. The van der Waals surface area contributed by atoms with Gasteiger partial charge in [0.1, 0.15) is 6.61 Å². The van der Waals surface area contributed by atoms with Crippen molar-refractivity contribution in [3.63, 3.8) is 0 Å². The molecule has 1 aliphatic rings. The van der Waals surface area contributed by atoms with Crippen LogP contribution in [-0.2, 0) is 11.3 Å². The van der Waals surface area contributed by atoms with Gasteiger partial charge in [0.05, 0.1) is 0 Å². The fourth-order valence-electron chi connectivity index (χ4n) is 2.81. The molecule has 1 amide bonds. The number of amides is 1. The molecule has 1 atom stereocenters. The molecule has 1 aliphatic heterocycles. The number of rotatable bonds is 5. The fourth-order valence-corrected chi connectivity index (χ4v) is 2.81. The van der Waals surface area contributed by atoms with Gasteiger partial charge in [-0.2, -0.15) is 0 Å². The van der Waals surface area contributed by atoms with Crippen LogP contribution in [0.3, 0.4) is 0 Å². The maximum absolute atomic E-state index is 12.0. The first-order valence-electron chi connectivity index (χ1n) is 7.75. The molecule has 116 valence electrons. The number of aliphatic hydroxyl groups excluding tert-OH is 1. The largest absolute Gasteiger partial charge is 0.445 e. The average molecular weight is 291 g/mol. The van der Waals surface area contributed by atoms with Crippen LogP contribution < -0.4 is 0 Å². The van der Waals surface area contributed by atoms with E-state index < -0.39 is 0 Å². The van der Waals surface area contributed by atoms with Gasteiger partial charge in [0.2, 0.25) is 0 Å². The summed E-state index contributed by atoms with van der Waals surface area (Å²) in [6, 6.07) is 9.74. The molecule has 0 bridgehead atoms. The molecule has 0 saturated carbocycles. The third kappa shape index (κ3) is 5.05. The summed E-state index contributed by atoms with van der Waals surface area (Å²) >= 11 is 0. The molecule has 21 heavy (non-hydrogen) atoms. The first kappa shape index (κ1) is 15.8. The van der Waals surface area contributed by atoms with Crippen molar-refractivity contribution in [2.24, 2.45) is 11.8 Å². The molecule has 1 heterocycles. The Labute approximate surface area is 126 Å². The van der Waals surface area contributed by atoms with Gasteiger partial charge in [-0.25, -0.2) is 4.79 Å². The second-order valence-corrected chi connectivity index (χ2v) is 5.99. The van der Waals surface area contributed by atoms with Gasteiger partial charge in [0.15, 0.2) is 0 Å². The summed E-state index contributed by atoms with van der Waals surface area (Å²) in [7, 11) is 0. The second-order valence-electron chi connectivity index (χ2n) is 5.99. The smallest absolute Gasteiger partial charge is 0.410 e. The van der Waals surface area contributed by atoms with Crippen LogP contribution in [0, 0.1) is 11.8 Å². The van der Waals surface area contributed by atoms with Crippen molar-refractivity contribution in [1.82, 2.24) is 4.90 Å². The lowest BCUT2D eigenvalue weighted by Gasteiger charge is -2.32. The number of aliphatic hydroxyl groups is 1. The molecule has 0 aromatic heterocycles. The summed E-state index contributed by atoms with van der Waals surface area (Å²) < 4.78 is 5.35. The van der Waals surface area contributed by atoms with Crippen molar-refractivity contribution in [1.29, 1.82) is 0 Å². The van der Waals surface area contributed by atoms with E-state index in [-0.39, 0.29) is 12.7 Å². The maximum atomic E-state index is 12.0. The van der Waals surface area contributed by atoms with Crippen molar-refractivity contribution < 1.29 is 14.6 Å². The van der Waals surface area contributed by atoms with E-state index in [1.165, 1.54) is 0 Å². The lowest BCUT2D eigenvalue weighted by molar-refractivity contribution is 0.0784. The van der Waals surface area contributed by atoms with Crippen LogP contribution in [0.5, 0.6) is 0 Å². The van der Waals surface area contributed by atoms with E-state index in [9.17, 15) is 4.79 Å². The van der Waals surface area contributed by atoms with Gasteiger partial charge in [-0.3, -0.25) is 0 Å². The zero-order valence-corrected chi connectivity index (χ0v) is 12.7. The Hall–Kier alpha value is -1.55. The molecular weight excluding hydrogens is 266 g/mol. The van der Waals surface area contributed by atoms with E-state index in [0.29, 0.717) is 18.4 Å². The van der Waals surface area contributed by atoms with Crippen molar-refractivity contribution in [2.75, 3.05) is 19.7 Å². The summed E-state index contributed by atoms with van der Waals surface area (Å²) in [5.74, 6) is 0.969. The third-order valence-corrected chi connectivity index (χ3v) is 4.13. The van der Waals surface area contributed by atoms with Crippen LogP contribution in [0.4, 0.5) is 4.79 Å². The Balaban J connectivity index is 1.70. The minimum Gasteiger partial charge on any atom is -0.445 e. The number of carbonyl (C=O) groups is 1. The molecule has 2 rings (SSSR count). The van der Waals surface area contributed by atoms with Gasteiger partial charge in [0.25, 0.3) is 0 Å². The van der Waals surface area contributed by atoms with Gasteiger partial charge in [-0.1, -0.05) is 37.3 Å². The Morgan fingerprint density at radius 2 is 2.00 bits per heavy atom. The third-order valence-electron chi connectivity index (χ3n) is 4.13. The average Bonchev–Trinajstić information content (AvgIpc) is 2.54. The lowest BCUT2D eigenvalue weighted by atomic mass is 9.88. The molecule has 0 spiro atoms. The highest BCUT2D eigenvalue weighted by atomic mass is 16.6. The molecule has 0 radical (unpaired) electrons. The van der Waals surface area contributed by atoms with Gasteiger partial charge in [0, 0.05) is 19.7 Å². The Kier molecular flexibility index (Phi) is 6.05. The summed E-state index contributed by atoms with van der Waals surface area (Å²) in [4.78, 5) is 13.8. The summed E-state index contributed by atoms with van der Waals surface area (Å²) in [6.45, 7) is 4.17. The number of hydrogen-bond acceptors (Lipinski definition) is 3. The zero-order valence-electron chi connectivity index (χ0n) is 12.7. The first-order chi connectivity index (χ1) is 10.2. The molecule has 0 aliphatic carbocycles. The highest BCUT2D eigenvalue weighted by Crippen LogP contribution is 2.24. The molecule has 4 heteroatoms. The van der Waals surface area contributed by atoms with Crippen LogP contribution in [0.2, 0.25) is 0 Å². The minimum absolute atomic E-state index is 0.215. The topological polar surface area (TPSA) is 49.8 Å². The van der Waals surface area contributed by atoms with E-state index in [1.54, 1.807) is 4.90 Å². The van der Waals surface area contributed by atoms with E-state index in [0.717, 1.165) is 37.9 Å². The summed E-state index contributed by atoms with van der Waals surface area (Å²) in [5.41, 5.74) is 1.01. The zero-order chi connectivity index (χ0) is 15.1. The van der Waals surface area contributed by atoms with E-state index in [2.05, 4.69) is 6.92 Å². The van der Waals surface area contributed by atoms with Gasteiger partial charge in [-0.05, 0) is 36.7 Å². The van der Waals surface area contributed by atoms with Crippen LogP contribution in [0.25, 0.3) is 0 Å². The van der Waals surface area contributed by atoms with Crippen molar-refractivity contribution in [3.05, 3.63) is 35.9 Å². The molecule has 1 aromatic carbocycles. The molecule has 1 N–H and O–H groups in total. The van der Waals surface area contributed by atoms with Gasteiger partial charge in [-0.15, -0.1) is 0 Å². The molecular formula is C17H25NO3. The number of hydrogen-bond donors (Lipinski definition) is 1. The number of benzene rings is 1. The number of likely N-dealkylation sites (tertiary alicyclic amines) is 1. The lowest BCUT2D eigenvalue weighted by Crippen LogP contribution is -2.39. The van der Waals surface area contributed by atoms with E-state index in [4.69, 9.17) is 9.84 Å². The van der Waals surface area contributed by atoms with Crippen molar-refractivity contribution >= 4 is 6.09 Å². The molecule has 4 nitrogen and oxygen atoms in total. The summed E-state index contributed by atoms with van der Waals surface area (Å²) in [5, 5.41) is 9.10. The van der Waals surface area contributed by atoms with Crippen molar-refractivity contribution in [3.8, 4) is 0 Å². The molecule has 1 saturated heterocycles. The van der Waals surface area contributed by atoms with E-state index >= 15 is 0 Å². The number of ether oxygens (including phenoxy) is 1. The van der Waals surface area contributed by atoms with Gasteiger partial charge < -0.3 is 14.7 Å². The second kappa shape index (κ2) is 8.03. The predicted molar refractivity (Wildman–Crippen MR) is 81.8 cm³/mol. The minimum atomic E-state index is -0.215. The first-order valence-corrected chi connectivity index (χ1v) is 7.75. The maximum Gasteiger partial charge on any atom is 0.410 e. The Morgan fingerprint density at radius 3 is 2.62 bits per heavy atom. The summed E-state index contributed by atoms with van der Waals surface area (Å²) in [6.07, 6.45) is 2.84. The number of carbonyl (C=O) groups excluding carboxylic acids is 1. The highest BCUT2D eigenvalue weighted by molar-refractivity contribution is 5.67. The molecule has 1 fully saturated rings. The SMILES string of the molecule is CC(CO)CC1CCN(C(=O)OCc2ccccc2)CC1. The fraction of sp³-hybridized carbons (Fsp3) is 0.588. The van der Waals surface area contributed by atoms with E-state index in [1.807, 2.05) is 30.3 Å².